The zero-order chi connectivity index (χ0) is 81.0. The van der Waals surface area contributed by atoms with E-state index in [0.29, 0.717) is 56.5 Å². The predicted octanol–water partition coefficient (Wildman–Crippen LogP) is 0.315. The topological polar surface area (TPSA) is 534 Å². The number of aromatic amines is 1. The van der Waals surface area contributed by atoms with Crippen LogP contribution in [0.3, 0.4) is 0 Å². The van der Waals surface area contributed by atoms with E-state index in [4.69, 9.17) is 37.1 Å². The molecule has 0 radical (unpaired) electrons. The van der Waals surface area contributed by atoms with Gasteiger partial charge in [0.25, 0.3) is 5.91 Å². The Morgan fingerprint density at radius 1 is 0.559 bits per heavy atom. The van der Waals surface area contributed by atoms with E-state index >= 15 is 0 Å². The number of ether oxygens (including phenoxy) is 3. The second-order valence-electron chi connectivity index (χ2n) is 27.8. The number of rotatable bonds is 47. The van der Waals surface area contributed by atoms with Crippen LogP contribution in [0, 0.1) is 0 Å². The van der Waals surface area contributed by atoms with E-state index in [1.807, 2.05) is 18.2 Å². The van der Waals surface area contributed by atoms with Crippen molar-refractivity contribution in [3.05, 3.63) is 71.9 Å². The Morgan fingerprint density at radius 3 is 1.77 bits per heavy atom. The fourth-order valence-corrected chi connectivity index (χ4v) is 12.3. The number of hydrogen-bond donors (Lipinski definition) is 17. The number of nitrogens with two attached hydrogens (primary N) is 4. The monoisotopic (exact) mass is 1560 g/mol. The Morgan fingerprint density at radius 2 is 1.13 bits per heavy atom. The smallest absolute Gasteiger partial charge is 0.251 e. The van der Waals surface area contributed by atoms with Crippen molar-refractivity contribution in [1.29, 1.82) is 0 Å². The van der Waals surface area contributed by atoms with Gasteiger partial charge in [-0.3, -0.25) is 67.3 Å². The largest absolute Gasteiger partial charge is 0.394 e. The summed E-state index contributed by atoms with van der Waals surface area (Å²) in [6, 6.07) is 2.63. The number of aromatic nitrogens is 1. The van der Waals surface area contributed by atoms with Gasteiger partial charge < -0.3 is 106 Å². The molecule has 2 aromatic carbocycles. The summed E-state index contributed by atoms with van der Waals surface area (Å²) in [6.07, 6.45) is 18.1. The average molecular weight is 1560 g/mol. The van der Waals surface area contributed by atoms with Gasteiger partial charge in [-0.2, -0.15) is 0 Å². The number of para-hydroxylation sites is 1. The number of nitrogens with one attached hydrogen (secondary N) is 12. The predicted molar refractivity (Wildman–Crippen MR) is 417 cm³/mol. The quantitative estimate of drug-likeness (QED) is 0.0157. The maximum atomic E-state index is 14.8. The number of amides is 12. The second-order valence-corrected chi connectivity index (χ2v) is 27.8. The van der Waals surface area contributed by atoms with Gasteiger partial charge in [-0.25, -0.2) is 0 Å². The van der Waals surface area contributed by atoms with Crippen molar-refractivity contribution in [3.8, 4) is 0 Å². The number of hydrogen-bond acceptors (Lipinski definition) is 19. The normalized spacial score (nSPS) is 18.5. The van der Waals surface area contributed by atoms with Crippen LogP contribution in [0.25, 0.3) is 10.9 Å². The Balaban J connectivity index is 1.41. The molecule has 1 aliphatic heterocycles. The van der Waals surface area contributed by atoms with Crippen LogP contribution in [0.1, 0.15) is 185 Å². The number of unbranched alkanes of at least 4 members (excludes halogenated alkanes) is 13. The van der Waals surface area contributed by atoms with Gasteiger partial charge in [0.2, 0.25) is 65.0 Å². The van der Waals surface area contributed by atoms with Crippen molar-refractivity contribution in [2.45, 2.75) is 236 Å². The summed E-state index contributed by atoms with van der Waals surface area (Å²) in [5.41, 5.74) is 24.6. The van der Waals surface area contributed by atoms with Crippen LogP contribution in [0.2, 0.25) is 0 Å². The van der Waals surface area contributed by atoms with Gasteiger partial charge in [-0.15, -0.1) is 0 Å². The van der Waals surface area contributed by atoms with Crippen LogP contribution in [0.5, 0.6) is 0 Å². The van der Waals surface area contributed by atoms with Gasteiger partial charge in [0.05, 0.1) is 39.5 Å². The number of carbonyl (C=O) groups excluding carboxylic acids is 13. The molecule has 0 saturated carbocycles. The summed E-state index contributed by atoms with van der Waals surface area (Å²) in [6.45, 7) is 3.66. The Bertz CT molecular complexity index is 3390. The molecule has 1 aliphatic rings. The maximum absolute atomic E-state index is 14.8. The van der Waals surface area contributed by atoms with E-state index in [1.165, 1.54) is 64.2 Å². The van der Waals surface area contributed by atoms with Gasteiger partial charge >= 0.3 is 0 Å². The van der Waals surface area contributed by atoms with Crippen LogP contribution < -0.4 is 81.4 Å². The van der Waals surface area contributed by atoms with Gasteiger partial charge in [0.15, 0.2) is 17.8 Å². The molecule has 0 aliphatic carbocycles. The number of guanidine groups is 1. The minimum absolute atomic E-state index is 0.00141. The molecule has 1 saturated heterocycles. The molecule has 3 aromatic rings. The number of H-pyrrole nitrogens is 1. The summed E-state index contributed by atoms with van der Waals surface area (Å²) in [7, 11) is 0. The maximum Gasteiger partial charge on any atom is 0.251 e. The van der Waals surface area contributed by atoms with Crippen molar-refractivity contribution in [3.63, 3.8) is 0 Å². The number of benzene rings is 2. The zero-order valence-electron chi connectivity index (χ0n) is 64.7. The molecule has 1 fully saturated rings. The highest BCUT2D eigenvalue weighted by atomic mass is 16.5. The number of nitrogens with zero attached hydrogens (tertiary/aromatic N) is 1. The molecule has 1 aromatic heterocycles. The van der Waals surface area contributed by atoms with Crippen LogP contribution in [0.4, 0.5) is 0 Å². The van der Waals surface area contributed by atoms with E-state index < -0.39 is 145 Å². The fourth-order valence-electron chi connectivity index (χ4n) is 12.3. The lowest BCUT2D eigenvalue weighted by Gasteiger charge is -2.28. The molecule has 1 unspecified atom stereocenters. The van der Waals surface area contributed by atoms with Crippen LogP contribution in [-0.4, -0.2) is 220 Å². The third-order valence-electron chi connectivity index (χ3n) is 18.5. The molecule has 111 heavy (non-hydrogen) atoms. The van der Waals surface area contributed by atoms with E-state index in [1.54, 1.807) is 49.5 Å². The minimum atomic E-state index is -2.12. The van der Waals surface area contributed by atoms with Crippen LogP contribution >= 0.6 is 0 Å². The summed E-state index contributed by atoms with van der Waals surface area (Å²) in [4.78, 5) is 186. The fraction of sp³-hybridized carbons (Fsp3) is 0.636. The molecule has 8 atom stereocenters. The number of carbonyl (C=O) groups is 13. The SMILES string of the molecule is CCCCCCCCCCCCCCCC(=O)NCCOCCOCCNC(=O)COCC(=O)N[C@@H](CO)C(=O)N[C@@H](CCCC)C(=O)NC1C(=O)CCCNCCCC[C@@H](C(N)=O)NC(=O)[C@H](Cc2c[nH]c3ccccc23)NC(=O)[C@H](CCCN=C(N)N)NC(=O)[C@@H](Cc2ccccc2)NC(=O)[C@H](CC(N)=O)NC1=O. The number of aliphatic imine (C=N–C) groups is 1. The van der Waals surface area contributed by atoms with Crippen molar-refractivity contribution >= 4 is 93.5 Å². The molecule has 4 rings (SSSR count). The van der Waals surface area contributed by atoms with Crippen LogP contribution in [-0.2, 0) is 89.4 Å². The van der Waals surface area contributed by atoms with Gasteiger partial charge in [0, 0.05) is 62.4 Å². The second kappa shape index (κ2) is 55.7. The lowest BCUT2D eigenvalue weighted by atomic mass is 10.0. The van der Waals surface area contributed by atoms with Gasteiger partial charge in [-0.05, 0) is 81.6 Å². The van der Waals surface area contributed by atoms with E-state index in [9.17, 15) is 67.4 Å². The van der Waals surface area contributed by atoms with Crippen LogP contribution in [0.15, 0.2) is 65.8 Å². The van der Waals surface area contributed by atoms with Crippen molar-refractivity contribution < 1.29 is 81.6 Å². The molecule has 0 bridgehead atoms. The molecular formula is C77H123N17O17. The third kappa shape index (κ3) is 39.7. The lowest BCUT2D eigenvalue weighted by Crippen LogP contribution is -2.62. The Kier molecular flexibility index (Phi) is 47.0. The number of aliphatic hydroxyl groups excluding tert-OH is 1. The molecule has 618 valence electrons. The molecule has 21 N–H and O–H groups in total. The van der Waals surface area contributed by atoms with Gasteiger partial charge in [-0.1, -0.05) is 152 Å². The molecule has 34 heteroatoms. The first kappa shape index (κ1) is 93.7. The summed E-state index contributed by atoms with van der Waals surface area (Å²) >= 11 is 0. The highest BCUT2D eigenvalue weighted by molar-refractivity contribution is 6.10. The van der Waals surface area contributed by atoms with E-state index in [0.717, 1.165) is 30.2 Å². The van der Waals surface area contributed by atoms with Crippen molar-refractivity contribution in [2.24, 2.45) is 27.9 Å². The zero-order valence-corrected chi connectivity index (χ0v) is 64.7. The first-order valence-electron chi connectivity index (χ1n) is 39.3. The van der Waals surface area contributed by atoms with E-state index in [-0.39, 0.29) is 109 Å². The summed E-state index contributed by atoms with van der Waals surface area (Å²) in [5, 5.41) is 39.9. The third-order valence-corrected chi connectivity index (χ3v) is 18.5. The van der Waals surface area contributed by atoms with Crippen molar-refractivity contribution in [1.82, 2.24) is 63.5 Å². The van der Waals surface area contributed by atoms with Gasteiger partial charge in [0.1, 0.15) is 55.5 Å². The highest BCUT2D eigenvalue weighted by Gasteiger charge is 2.38. The first-order valence-corrected chi connectivity index (χ1v) is 39.3. The summed E-state index contributed by atoms with van der Waals surface area (Å²) in [5.74, 6) is -11.9. The summed E-state index contributed by atoms with van der Waals surface area (Å²) < 4.78 is 16.3. The Labute approximate surface area is 650 Å². The highest BCUT2D eigenvalue weighted by Crippen LogP contribution is 2.21. The number of primary amides is 2. The Hall–Kier alpha value is -9.64. The minimum Gasteiger partial charge on any atom is -0.394 e. The number of ketones is 1. The molecule has 2 heterocycles. The number of aliphatic hydroxyl groups is 1. The molecular weight excluding hydrogens is 1430 g/mol. The molecule has 34 nitrogen and oxygen atoms in total. The van der Waals surface area contributed by atoms with E-state index in [2.05, 4.69) is 75.4 Å². The van der Waals surface area contributed by atoms with Crippen molar-refractivity contribution in [2.75, 3.05) is 79.0 Å². The molecule has 0 spiro atoms. The molecule has 12 amide bonds. The first-order chi connectivity index (χ1) is 53.5. The standard InChI is InChI=1S/C77H123N17O17/c1-3-5-7-8-9-10-11-12-13-14-15-16-20-35-65(98)83-39-41-109-43-44-110-42-40-84-66(99)50-111-51-67(100)87-62(49-95)75(107)90-57(30-6-4-2)71(103)94-68-63(96)34-26-37-82-36-24-23-32-56(69(79)101)88-73(105)60(46-53-48-86-55-31-22-21-29-54(53)55)92-70(102)58(33-25-38-85-77(80)81)89-72(104)59(45-52-27-18-17-19-28-52)91-74(106)61(47-64(78)97)93-76(68)108/h17-19,21-22,27-29,31,48,56-62,68,82,86,95H,3-16,20,23-26,30,32-47,49-51H2,1-2H3,(H2,78,97)(H2,79,101)(H,83,98)(H,84,99)(H,87,100)(H,88,105)(H,89,104)(H,90,107)(H,91,106)(H,92,102)(H,93,108)(H,94,103)(H4,80,81,85)/t56-,57-,58-,59+,60-,61-,62-,68?/m0/s1. The number of Topliss-reactive ketones (excluding diaryl/α,β-unsaturated/α-hetero) is 1. The average Bonchev–Trinajstić information content (AvgIpc) is 1.75. The lowest BCUT2D eigenvalue weighted by molar-refractivity contribution is -0.140. The number of fused-ring (bicyclic) bond motifs is 1.